The lowest BCUT2D eigenvalue weighted by Crippen LogP contribution is -2.42. The van der Waals surface area contributed by atoms with Crippen molar-refractivity contribution in [1.29, 1.82) is 0 Å². The molecule has 1 fully saturated rings. The first-order valence-electron chi connectivity index (χ1n) is 9.53. The number of sulfonamides is 1. The average Bonchev–Trinajstić information content (AvgIpc) is 2.69. The molecule has 0 aliphatic carbocycles. The van der Waals surface area contributed by atoms with Crippen molar-refractivity contribution in [3.63, 3.8) is 0 Å². The van der Waals surface area contributed by atoms with Gasteiger partial charge in [-0.3, -0.25) is 4.79 Å². The molecule has 0 unspecified atom stereocenters. The van der Waals surface area contributed by atoms with E-state index < -0.39 is 10.0 Å². The van der Waals surface area contributed by atoms with Crippen molar-refractivity contribution in [3.8, 4) is 0 Å². The van der Waals surface area contributed by atoms with Crippen LogP contribution >= 0.6 is 0 Å². The molecule has 1 atom stereocenters. The highest BCUT2D eigenvalue weighted by molar-refractivity contribution is 7.89. The predicted octanol–water partition coefficient (Wildman–Crippen LogP) is 3.36. The Bertz CT molecular complexity index is 946. The number of hydrogen-bond donors (Lipinski definition) is 1. The van der Waals surface area contributed by atoms with Gasteiger partial charge in [-0.1, -0.05) is 30.7 Å². The number of hydrogen-bond acceptors (Lipinski definition) is 3. The second kappa shape index (κ2) is 8.84. The number of carbonyl (C=O) groups is 1. The quantitative estimate of drug-likeness (QED) is 0.803. The van der Waals surface area contributed by atoms with E-state index in [0.29, 0.717) is 18.5 Å². The van der Waals surface area contributed by atoms with Gasteiger partial charge in [0.1, 0.15) is 5.82 Å². The number of benzene rings is 2. The van der Waals surface area contributed by atoms with Gasteiger partial charge in [0, 0.05) is 24.7 Å². The summed E-state index contributed by atoms with van der Waals surface area (Å²) < 4.78 is 41.1. The largest absolute Gasteiger partial charge is 0.352 e. The van der Waals surface area contributed by atoms with E-state index in [4.69, 9.17) is 0 Å². The molecule has 7 heteroatoms. The maximum absolute atomic E-state index is 13.6. The van der Waals surface area contributed by atoms with E-state index in [0.717, 1.165) is 19.3 Å². The van der Waals surface area contributed by atoms with E-state index in [1.807, 2.05) is 6.92 Å². The normalized spacial score (nSPS) is 18.0. The Labute approximate surface area is 165 Å². The molecule has 0 saturated carbocycles. The van der Waals surface area contributed by atoms with E-state index in [9.17, 15) is 17.6 Å². The summed E-state index contributed by atoms with van der Waals surface area (Å²) >= 11 is 0. The monoisotopic (exact) mass is 404 g/mol. The van der Waals surface area contributed by atoms with E-state index in [2.05, 4.69) is 5.32 Å². The number of amides is 1. The standard InChI is InChI=1S/C21H25FN2O3S/c1-16-7-4-5-14-24(16)28(26,27)19-10-6-9-18(15-19)21(25)23-13-12-17-8-2-3-11-20(17)22/h2-3,6,8-11,15-16H,4-5,7,12-14H2,1H3,(H,23,25)/t16-/m0/s1. The Morgan fingerprint density at radius 3 is 2.71 bits per heavy atom. The first-order valence-corrected chi connectivity index (χ1v) is 11.0. The number of rotatable bonds is 6. The van der Waals surface area contributed by atoms with Gasteiger partial charge in [0.25, 0.3) is 5.91 Å². The molecule has 1 amide bonds. The molecule has 3 rings (SSSR count). The Kier molecular flexibility index (Phi) is 6.46. The second-order valence-electron chi connectivity index (χ2n) is 7.09. The summed E-state index contributed by atoms with van der Waals surface area (Å²) in [6.45, 7) is 2.68. The lowest BCUT2D eigenvalue weighted by atomic mass is 10.1. The second-order valence-corrected chi connectivity index (χ2v) is 8.98. The van der Waals surface area contributed by atoms with Crippen molar-refractivity contribution in [2.45, 2.75) is 43.5 Å². The minimum absolute atomic E-state index is 0.0444. The highest BCUT2D eigenvalue weighted by Gasteiger charge is 2.31. The van der Waals surface area contributed by atoms with Gasteiger partial charge in [0.05, 0.1) is 4.90 Å². The number of piperidine rings is 1. The van der Waals surface area contributed by atoms with Crippen LogP contribution in [0.1, 0.15) is 42.1 Å². The fourth-order valence-corrected chi connectivity index (χ4v) is 5.22. The summed E-state index contributed by atoms with van der Waals surface area (Å²) in [7, 11) is -3.63. The Morgan fingerprint density at radius 2 is 1.96 bits per heavy atom. The highest BCUT2D eigenvalue weighted by Crippen LogP contribution is 2.25. The van der Waals surface area contributed by atoms with Crippen molar-refractivity contribution < 1.29 is 17.6 Å². The van der Waals surface area contributed by atoms with Crippen molar-refractivity contribution in [2.75, 3.05) is 13.1 Å². The van der Waals surface area contributed by atoms with Gasteiger partial charge < -0.3 is 5.32 Å². The van der Waals surface area contributed by atoms with Gasteiger partial charge in [0.15, 0.2) is 0 Å². The van der Waals surface area contributed by atoms with Gasteiger partial charge in [-0.2, -0.15) is 4.31 Å². The molecule has 0 radical (unpaired) electrons. The zero-order valence-electron chi connectivity index (χ0n) is 15.9. The van der Waals surface area contributed by atoms with Crippen molar-refractivity contribution in [1.82, 2.24) is 9.62 Å². The molecule has 1 aliphatic heterocycles. The molecule has 1 saturated heterocycles. The molecule has 2 aromatic carbocycles. The molecule has 1 aliphatic rings. The topological polar surface area (TPSA) is 66.5 Å². The third-order valence-electron chi connectivity index (χ3n) is 5.08. The van der Waals surface area contributed by atoms with E-state index in [1.54, 1.807) is 30.3 Å². The molecule has 1 N–H and O–H groups in total. The minimum atomic E-state index is -3.63. The Balaban J connectivity index is 1.68. The van der Waals surface area contributed by atoms with Crippen molar-refractivity contribution >= 4 is 15.9 Å². The molecular formula is C21H25FN2O3S. The van der Waals surface area contributed by atoms with E-state index >= 15 is 0 Å². The molecule has 0 bridgehead atoms. The van der Waals surface area contributed by atoms with Crippen LogP contribution in [0.3, 0.4) is 0 Å². The summed E-state index contributed by atoms with van der Waals surface area (Å²) in [4.78, 5) is 12.6. The van der Waals surface area contributed by atoms with Gasteiger partial charge in [0.2, 0.25) is 10.0 Å². The van der Waals surface area contributed by atoms with E-state index in [-0.39, 0.29) is 34.8 Å². The number of halogens is 1. The van der Waals surface area contributed by atoms with Gasteiger partial charge in [-0.25, -0.2) is 12.8 Å². The van der Waals surface area contributed by atoms with Crippen LogP contribution in [-0.4, -0.2) is 37.8 Å². The first kappa shape index (κ1) is 20.5. The predicted molar refractivity (Wildman–Crippen MR) is 106 cm³/mol. The third kappa shape index (κ3) is 4.59. The zero-order valence-corrected chi connectivity index (χ0v) is 16.7. The summed E-state index contributed by atoms with van der Waals surface area (Å²) in [5.74, 6) is -0.680. The molecule has 0 spiro atoms. The van der Waals surface area contributed by atoms with Crippen LogP contribution in [0.25, 0.3) is 0 Å². The minimum Gasteiger partial charge on any atom is -0.352 e. The first-order chi connectivity index (χ1) is 13.4. The van der Waals surface area contributed by atoms with E-state index in [1.165, 1.54) is 22.5 Å². The SMILES string of the molecule is C[C@H]1CCCCN1S(=O)(=O)c1cccc(C(=O)NCCc2ccccc2F)c1. The lowest BCUT2D eigenvalue weighted by molar-refractivity contribution is 0.0954. The van der Waals surface area contributed by atoms with Crippen molar-refractivity contribution in [3.05, 3.63) is 65.5 Å². The fourth-order valence-electron chi connectivity index (χ4n) is 3.48. The van der Waals surface area contributed by atoms with Gasteiger partial charge >= 0.3 is 0 Å². The van der Waals surface area contributed by atoms with Crippen LogP contribution in [0.5, 0.6) is 0 Å². The Hall–Kier alpha value is -2.25. The maximum Gasteiger partial charge on any atom is 0.251 e. The average molecular weight is 405 g/mol. The molecule has 0 aromatic heterocycles. The number of nitrogens with one attached hydrogen (secondary N) is 1. The van der Waals surface area contributed by atoms with Crippen LogP contribution in [0.4, 0.5) is 4.39 Å². The number of nitrogens with zero attached hydrogens (tertiary/aromatic N) is 1. The summed E-state index contributed by atoms with van der Waals surface area (Å²) in [5.41, 5.74) is 0.803. The highest BCUT2D eigenvalue weighted by atomic mass is 32.2. The van der Waals surface area contributed by atoms with Crippen LogP contribution in [-0.2, 0) is 16.4 Å². The van der Waals surface area contributed by atoms with Crippen LogP contribution < -0.4 is 5.32 Å². The lowest BCUT2D eigenvalue weighted by Gasteiger charge is -2.32. The smallest absolute Gasteiger partial charge is 0.251 e. The molecule has 1 heterocycles. The zero-order chi connectivity index (χ0) is 20.1. The number of carbonyl (C=O) groups excluding carboxylic acids is 1. The Morgan fingerprint density at radius 1 is 1.18 bits per heavy atom. The van der Waals surface area contributed by atoms with Crippen LogP contribution in [0, 0.1) is 5.82 Å². The molecular weight excluding hydrogens is 379 g/mol. The van der Waals surface area contributed by atoms with Gasteiger partial charge in [-0.15, -0.1) is 0 Å². The molecule has 150 valence electrons. The van der Waals surface area contributed by atoms with Crippen LogP contribution in [0.2, 0.25) is 0 Å². The summed E-state index contributed by atoms with van der Waals surface area (Å²) in [6, 6.07) is 12.5. The molecule has 2 aromatic rings. The molecule has 5 nitrogen and oxygen atoms in total. The maximum atomic E-state index is 13.6. The fraction of sp³-hybridized carbons (Fsp3) is 0.381. The summed E-state index contributed by atoms with van der Waals surface area (Å²) in [6.07, 6.45) is 3.08. The van der Waals surface area contributed by atoms with Crippen molar-refractivity contribution in [2.24, 2.45) is 0 Å². The summed E-state index contributed by atoms with van der Waals surface area (Å²) in [5, 5.41) is 2.73. The molecule has 28 heavy (non-hydrogen) atoms. The third-order valence-corrected chi connectivity index (χ3v) is 7.09. The van der Waals surface area contributed by atoms with Gasteiger partial charge in [-0.05, 0) is 56.0 Å². The van der Waals surface area contributed by atoms with Crippen LogP contribution in [0.15, 0.2) is 53.4 Å².